The second kappa shape index (κ2) is 19.1. The van der Waals surface area contributed by atoms with Crippen LogP contribution in [0, 0.1) is 20.2 Å². The first kappa shape index (κ1) is 37.9. The van der Waals surface area contributed by atoms with Gasteiger partial charge in [-0.3, -0.25) is 20.2 Å². The highest BCUT2D eigenvalue weighted by Gasteiger charge is 2.24. The van der Waals surface area contributed by atoms with Crippen molar-refractivity contribution in [3.05, 3.63) is 68.8 Å². The van der Waals surface area contributed by atoms with E-state index in [9.17, 15) is 29.8 Å². The number of thioether (sulfide) groups is 2. The van der Waals surface area contributed by atoms with Crippen molar-refractivity contribution in [1.29, 1.82) is 0 Å². The Morgan fingerprint density at radius 1 is 0.805 bits per heavy atom. The molecule has 0 atom stereocenters. The maximum absolute atomic E-state index is 11.6. The fraction of sp³-hybridized carbons (Fsp3) is 0.462. The fourth-order valence-electron chi connectivity index (χ4n) is 2.46. The lowest BCUT2D eigenvalue weighted by Crippen LogP contribution is -2.30. The lowest BCUT2D eigenvalue weighted by molar-refractivity contribution is -0.385. The number of halogens is 1. The van der Waals surface area contributed by atoms with Gasteiger partial charge < -0.3 is 19.3 Å². The highest BCUT2D eigenvalue weighted by molar-refractivity contribution is 7.98. The van der Waals surface area contributed by atoms with Gasteiger partial charge in [0.25, 0.3) is 11.4 Å². The molecule has 0 unspecified atom stereocenters. The van der Waals surface area contributed by atoms with Gasteiger partial charge in [-0.2, -0.15) is 23.5 Å². The van der Waals surface area contributed by atoms with Gasteiger partial charge in [0, 0.05) is 35.9 Å². The standard InChI is InChI=1S/C13H17NO5S.C7H4ClNO4.C6H14OS/c1-13(2,8-9-20-3)19-12(15)18-11-6-4-10(5-7-11)14(16)17;8-7(10)13-6-3-1-5(2-4-6)9(11)12;1-6(2,7)4-5-8-3/h4-7H,8-9H2,1-3H3;1-4H;7H,4-5H2,1-3H3. The summed E-state index contributed by atoms with van der Waals surface area (Å²) < 4.78 is 14.6. The van der Waals surface area contributed by atoms with Crippen LogP contribution in [0.25, 0.3) is 0 Å². The number of non-ortho nitro benzene ring substituents is 2. The number of ether oxygens (including phenoxy) is 3. The van der Waals surface area contributed by atoms with Crippen molar-refractivity contribution < 1.29 is 38.8 Å². The molecule has 15 heteroatoms. The van der Waals surface area contributed by atoms with Crippen LogP contribution in [0.15, 0.2) is 48.5 Å². The summed E-state index contributed by atoms with van der Waals surface area (Å²) >= 11 is 8.36. The van der Waals surface area contributed by atoms with Gasteiger partial charge in [0.15, 0.2) is 0 Å². The summed E-state index contributed by atoms with van der Waals surface area (Å²) in [4.78, 5) is 41.5. The lowest BCUT2D eigenvalue weighted by atomic mass is 10.1. The molecule has 0 saturated heterocycles. The van der Waals surface area contributed by atoms with Crippen LogP contribution in [0.2, 0.25) is 0 Å². The van der Waals surface area contributed by atoms with Crippen LogP contribution >= 0.6 is 35.1 Å². The number of nitro benzene ring substituents is 2. The van der Waals surface area contributed by atoms with Crippen LogP contribution in [0.4, 0.5) is 21.0 Å². The maximum Gasteiger partial charge on any atom is 0.514 e. The molecule has 2 aromatic carbocycles. The average molecular weight is 635 g/mol. The molecule has 1 N–H and O–H groups in total. The molecule has 0 bridgehead atoms. The molecular weight excluding hydrogens is 600 g/mol. The van der Waals surface area contributed by atoms with Crippen LogP contribution in [0.3, 0.4) is 0 Å². The van der Waals surface area contributed by atoms with E-state index in [1.165, 1.54) is 48.5 Å². The number of aliphatic hydroxyl groups is 1. The Balaban J connectivity index is 0.000000652. The van der Waals surface area contributed by atoms with Crippen molar-refractivity contribution in [2.75, 3.05) is 24.0 Å². The number of carbonyl (C=O) groups is 2. The summed E-state index contributed by atoms with van der Waals surface area (Å²) in [5.41, 5.74) is -2.20. The second-order valence-electron chi connectivity index (χ2n) is 9.35. The van der Waals surface area contributed by atoms with Gasteiger partial charge in [-0.1, -0.05) is 0 Å². The SMILES string of the molecule is CSCCC(C)(C)O.CSCCC(C)(C)OC(=O)Oc1ccc([N+](=O)[O-])cc1.O=C(Cl)Oc1ccc([N+](=O)[O-])cc1. The summed E-state index contributed by atoms with van der Waals surface area (Å²) in [5.74, 6) is 2.30. The van der Waals surface area contributed by atoms with Crippen molar-refractivity contribution in [1.82, 2.24) is 0 Å². The summed E-state index contributed by atoms with van der Waals surface area (Å²) in [6.45, 7) is 7.28. The van der Waals surface area contributed by atoms with Gasteiger partial charge >= 0.3 is 11.6 Å². The second-order valence-corrected chi connectivity index (χ2v) is 11.6. The van der Waals surface area contributed by atoms with Crippen molar-refractivity contribution in [3.63, 3.8) is 0 Å². The summed E-state index contributed by atoms with van der Waals surface area (Å²) in [6, 6.07) is 10.3. The molecule has 0 fully saturated rings. The first-order valence-corrected chi connectivity index (χ1v) is 15.1. The smallest absolute Gasteiger partial charge is 0.428 e. The zero-order chi connectivity index (χ0) is 31.6. The van der Waals surface area contributed by atoms with E-state index in [1.807, 2.05) is 26.4 Å². The predicted octanol–water partition coefficient (Wildman–Crippen LogP) is 7.48. The molecule has 0 spiro atoms. The van der Waals surface area contributed by atoms with Crippen LogP contribution in [0.5, 0.6) is 11.5 Å². The van der Waals surface area contributed by atoms with E-state index in [1.54, 1.807) is 37.4 Å². The molecule has 2 aromatic rings. The molecule has 0 radical (unpaired) electrons. The zero-order valence-corrected chi connectivity index (χ0v) is 26.0. The van der Waals surface area contributed by atoms with E-state index >= 15 is 0 Å². The molecule has 0 aromatic heterocycles. The van der Waals surface area contributed by atoms with Crippen molar-refractivity contribution in [2.45, 2.75) is 51.7 Å². The predicted molar refractivity (Wildman–Crippen MR) is 162 cm³/mol. The lowest BCUT2D eigenvalue weighted by Gasteiger charge is -2.23. The van der Waals surface area contributed by atoms with E-state index in [4.69, 9.17) is 26.2 Å². The maximum atomic E-state index is 11.6. The molecule has 41 heavy (non-hydrogen) atoms. The number of hydrogen-bond acceptors (Lipinski definition) is 12. The zero-order valence-electron chi connectivity index (χ0n) is 23.7. The topological polar surface area (TPSA) is 168 Å². The third kappa shape index (κ3) is 19.6. The summed E-state index contributed by atoms with van der Waals surface area (Å²) in [6.07, 6.45) is 4.80. The minimum absolute atomic E-state index is 0.0639. The Morgan fingerprint density at radius 3 is 1.51 bits per heavy atom. The van der Waals surface area contributed by atoms with Gasteiger partial charge in [-0.05, 0) is 88.8 Å². The largest absolute Gasteiger partial charge is 0.514 e. The van der Waals surface area contributed by atoms with Crippen molar-refractivity contribution in [2.24, 2.45) is 0 Å². The third-order valence-corrected chi connectivity index (χ3v) is 5.98. The van der Waals surface area contributed by atoms with Crippen LogP contribution in [-0.4, -0.2) is 61.8 Å². The molecule has 0 aliphatic heterocycles. The summed E-state index contributed by atoms with van der Waals surface area (Å²) in [5, 5.41) is 29.8. The van der Waals surface area contributed by atoms with Gasteiger partial charge in [0.2, 0.25) is 0 Å². The molecule has 2 rings (SSSR count). The Labute approximate surface area is 252 Å². The molecular formula is C26H35ClN2O10S2. The Kier molecular flexibility index (Phi) is 17.7. The number of hydrogen-bond donors (Lipinski definition) is 1. The Hall–Kier alpha value is -3.07. The van der Waals surface area contributed by atoms with Gasteiger partial charge in [-0.25, -0.2) is 9.59 Å². The van der Waals surface area contributed by atoms with Gasteiger partial charge in [-0.15, -0.1) is 0 Å². The molecule has 12 nitrogen and oxygen atoms in total. The van der Waals surface area contributed by atoms with E-state index in [0.29, 0.717) is 6.42 Å². The molecule has 0 aliphatic carbocycles. The molecule has 0 aliphatic rings. The fourth-order valence-corrected chi connectivity index (χ4v) is 3.95. The minimum Gasteiger partial charge on any atom is -0.428 e. The minimum atomic E-state index is -0.978. The quantitative estimate of drug-likeness (QED) is 0.0851. The van der Waals surface area contributed by atoms with Crippen molar-refractivity contribution in [3.8, 4) is 11.5 Å². The van der Waals surface area contributed by atoms with Crippen molar-refractivity contribution >= 4 is 58.1 Å². The van der Waals surface area contributed by atoms with Crippen LogP contribution in [-0.2, 0) is 4.74 Å². The van der Waals surface area contributed by atoms with E-state index < -0.39 is 32.6 Å². The third-order valence-electron chi connectivity index (χ3n) is 4.68. The molecule has 228 valence electrons. The summed E-state index contributed by atoms with van der Waals surface area (Å²) in [7, 11) is 0. The highest BCUT2D eigenvalue weighted by Crippen LogP contribution is 2.21. The number of nitrogens with zero attached hydrogens (tertiary/aromatic N) is 2. The Morgan fingerprint density at radius 2 is 1.20 bits per heavy atom. The number of rotatable bonds is 11. The van der Waals surface area contributed by atoms with E-state index in [2.05, 4.69) is 4.74 Å². The van der Waals surface area contributed by atoms with E-state index in [0.717, 1.165) is 17.9 Å². The Bertz CT molecular complexity index is 1110. The number of nitro groups is 2. The average Bonchev–Trinajstić information content (AvgIpc) is 2.86. The molecule has 0 amide bonds. The van der Waals surface area contributed by atoms with E-state index in [-0.39, 0.29) is 22.9 Å². The van der Waals surface area contributed by atoms with Crippen LogP contribution in [0.1, 0.15) is 40.5 Å². The van der Waals surface area contributed by atoms with Gasteiger partial charge in [0.05, 0.1) is 15.4 Å². The van der Waals surface area contributed by atoms with Crippen LogP contribution < -0.4 is 9.47 Å². The highest BCUT2D eigenvalue weighted by atomic mass is 35.5. The number of benzene rings is 2. The molecule has 0 saturated carbocycles. The monoisotopic (exact) mass is 634 g/mol. The number of carbonyl (C=O) groups excluding carboxylic acids is 2. The first-order valence-electron chi connectivity index (χ1n) is 12.0. The van der Waals surface area contributed by atoms with Gasteiger partial charge in [0.1, 0.15) is 17.1 Å². The molecule has 0 heterocycles. The normalized spacial score (nSPS) is 10.6. The first-order chi connectivity index (χ1) is 19.0.